The molecule has 0 saturated carbocycles. The van der Waals surface area contributed by atoms with Crippen LogP contribution in [0.25, 0.3) is 0 Å². The molecule has 1 heterocycles. The van der Waals surface area contributed by atoms with Crippen molar-refractivity contribution in [1.82, 2.24) is 15.5 Å². The minimum atomic E-state index is -0.0375. The van der Waals surface area contributed by atoms with Gasteiger partial charge in [0.2, 0.25) is 5.91 Å². The topological polar surface area (TPSA) is 44.4 Å². The summed E-state index contributed by atoms with van der Waals surface area (Å²) in [7, 11) is 2.01. The molecule has 0 aromatic heterocycles. The van der Waals surface area contributed by atoms with Crippen LogP contribution in [0.2, 0.25) is 0 Å². The number of hydrogen-bond donors (Lipinski definition) is 2. The van der Waals surface area contributed by atoms with E-state index in [9.17, 15) is 4.79 Å². The first-order chi connectivity index (χ1) is 6.52. The van der Waals surface area contributed by atoms with Gasteiger partial charge in [-0.05, 0) is 27.8 Å². The highest BCUT2D eigenvalue weighted by Crippen LogP contribution is 2.07. The highest BCUT2D eigenvalue weighted by atomic mass is 16.2. The second-order valence-electron chi connectivity index (χ2n) is 4.32. The van der Waals surface area contributed by atoms with E-state index in [1.54, 1.807) is 0 Å². The number of hydrogen-bond acceptors (Lipinski definition) is 3. The van der Waals surface area contributed by atoms with Crippen LogP contribution in [0.15, 0.2) is 0 Å². The summed E-state index contributed by atoms with van der Waals surface area (Å²) >= 11 is 0. The average molecular weight is 199 g/mol. The Bertz CT molecular complexity index is 202. The van der Waals surface area contributed by atoms with E-state index in [-0.39, 0.29) is 18.0 Å². The molecule has 1 unspecified atom stereocenters. The Morgan fingerprint density at radius 1 is 1.43 bits per heavy atom. The minimum absolute atomic E-state index is 0.0375. The zero-order valence-corrected chi connectivity index (χ0v) is 9.50. The molecule has 0 aliphatic carbocycles. The Morgan fingerprint density at radius 3 is 2.36 bits per heavy atom. The van der Waals surface area contributed by atoms with Gasteiger partial charge >= 0.3 is 0 Å². The SMILES string of the molecule is CC(C)NC(=O)C(C)N(C)C1CNC1. The summed E-state index contributed by atoms with van der Waals surface area (Å²) in [6, 6.07) is 0.699. The lowest BCUT2D eigenvalue weighted by Crippen LogP contribution is -2.60. The lowest BCUT2D eigenvalue weighted by molar-refractivity contribution is -0.127. The molecule has 0 spiro atoms. The van der Waals surface area contributed by atoms with Crippen LogP contribution in [-0.4, -0.2) is 49.1 Å². The molecule has 1 aliphatic rings. The van der Waals surface area contributed by atoms with E-state index < -0.39 is 0 Å². The zero-order valence-electron chi connectivity index (χ0n) is 9.50. The maximum atomic E-state index is 11.7. The normalized spacial score (nSPS) is 19.6. The van der Waals surface area contributed by atoms with Crippen molar-refractivity contribution in [2.24, 2.45) is 0 Å². The molecular formula is C10H21N3O. The van der Waals surface area contributed by atoms with E-state index in [4.69, 9.17) is 0 Å². The largest absolute Gasteiger partial charge is 0.353 e. The van der Waals surface area contributed by atoms with Crippen molar-refractivity contribution in [3.63, 3.8) is 0 Å². The van der Waals surface area contributed by atoms with Crippen molar-refractivity contribution in [3.05, 3.63) is 0 Å². The van der Waals surface area contributed by atoms with Gasteiger partial charge in [0.1, 0.15) is 0 Å². The van der Waals surface area contributed by atoms with E-state index in [1.165, 1.54) is 0 Å². The van der Waals surface area contributed by atoms with Crippen LogP contribution in [-0.2, 0) is 4.79 Å². The van der Waals surface area contributed by atoms with E-state index in [0.29, 0.717) is 6.04 Å². The molecule has 2 N–H and O–H groups in total. The Morgan fingerprint density at radius 2 is 2.00 bits per heavy atom. The van der Waals surface area contributed by atoms with E-state index in [2.05, 4.69) is 15.5 Å². The smallest absolute Gasteiger partial charge is 0.237 e. The third kappa shape index (κ3) is 2.69. The molecule has 1 aliphatic heterocycles. The Balaban J connectivity index is 2.38. The van der Waals surface area contributed by atoms with Gasteiger partial charge in [-0.1, -0.05) is 0 Å². The maximum Gasteiger partial charge on any atom is 0.237 e. The monoisotopic (exact) mass is 199 g/mol. The van der Waals surface area contributed by atoms with Gasteiger partial charge in [0.25, 0.3) is 0 Å². The van der Waals surface area contributed by atoms with Crippen molar-refractivity contribution in [2.45, 2.75) is 38.9 Å². The van der Waals surface area contributed by atoms with Crippen LogP contribution in [0.3, 0.4) is 0 Å². The summed E-state index contributed by atoms with van der Waals surface area (Å²) in [4.78, 5) is 13.8. The van der Waals surface area contributed by atoms with Gasteiger partial charge in [0.05, 0.1) is 6.04 Å². The third-order valence-electron chi connectivity index (χ3n) is 2.76. The van der Waals surface area contributed by atoms with Crippen LogP contribution < -0.4 is 10.6 Å². The van der Waals surface area contributed by atoms with Crippen LogP contribution in [0.1, 0.15) is 20.8 Å². The molecule has 1 amide bonds. The van der Waals surface area contributed by atoms with Crippen molar-refractivity contribution >= 4 is 5.91 Å². The number of nitrogens with zero attached hydrogens (tertiary/aromatic N) is 1. The standard InChI is InChI=1S/C10H21N3O/c1-7(2)12-10(14)8(3)13(4)9-5-11-6-9/h7-9,11H,5-6H2,1-4H3,(H,12,14). The zero-order chi connectivity index (χ0) is 10.7. The molecule has 1 atom stereocenters. The highest BCUT2D eigenvalue weighted by molar-refractivity contribution is 5.81. The summed E-state index contributed by atoms with van der Waals surface area (Å²) in [5, 5.41) is 6.13. The molecule has 1 fully saturated rings. The summed E-state index contributed by atoms with van der Waals surface area (Å²) in [5.74, 6) is 0.120. The average Bonchev–Trinajstić information content (AvgIpc) is 1.98. The Kier molecular flexibility index (Phi) is 3.89. The van der Waals surface area contributed by atoms with Crippen LogP contribution in [0, 0.1) is 0 Å². The number of likely N-dealkylation sites (N-methyl/N-ethyl adjacent to an activating group) is 1. The van der Waals surface area contributed by atoms with Gasteiger partial charge in [-0.2, -0.15) is 0 Å². The fraction of sp³-hybridized carbons (Fsp3) is 0.900. The Labute approximate surface area is 86.0 Å². The van der Waals surface area contributed by atoms with Gasteiger partial charge in [0, 0.05) is 25.2 Å². The molecule has 1 rings (SSSR count). The number of nitrogens with one attached hydrogen (secondary N) is 2. The number of amides is 1. The molecule has 4 heteroatoms. The minimum Gasteiger partial charge on any atom is -0.353 e. The molecule has 1 saturated heterocycles. The predicted octanol–water partition coefficient (Wildman–Crippen LogP) is -0.197. The van der Waals surface area contributed by atoms with Crippen LogP contribution in [0.5, 0.6) is 0 Å². The van der Waals surface area contributed by atoms with E-state index in [1.807, 2.05) is 27.8 Å². The first-order valence-corrected chi connectivity index (χ1v) is 5.25. The van der Waals surface area contributed by atoms with E-state index in [0.717, 1.165) is 13.1 Å². The van der Waals surface area contributed by atoms with Gasteiger partial charge in [0.15, 0.2) is 0 Å². The summed E-state index contributed by atoms with van der Waals surface area (Å²) in [6.07, 6.45) is 0. The molecule has 0 aromatic rings. The molecule has 0 radical (unpaired) electrons. The summed E-state index contributed by atoms with van der Waals surface area (Å²) in [5.41, 5.74) is 0. The summed E-state index contributed by atoms with van der Waals surface area (Å²) in [6.45, 7) is 7.91. The second-order valence-corrected chi connectivity index (χ2v) is 4.32. The molecular weight excluding hydrogens is 178 g/mol. The van der Waals surface area contributed by atoms with Crippen LogP contribution >= 0.6 is 0 Å². The first kappa shape index (κ1) is 11.5. The highest BCUT2D eigenvalue weighted by Gasteiger charge is 2.28. The lowest BCUT2D eigenvalue weighted by atomic mass is 10.1. The first-order valence-electron chi connectivity index (χ1n) is 5.25. The predicted molar refractivity (Wildman–Crippen MR) is 57.2 cm³/mol. The Hall–Kier alpha value is -0.610. The maximum absolute atomic E-state index is 11.7. The number of carbonyl (C=O) groups excluding carboxylic acids is 1. The van der Waals surface area contributed by atoms with Gasteiger partial charge in [-0.15, -0.1) is 0 Å². The van der Waals surface area contributed by atoms with Crippen molar-refractivity contribution in [2.75, 3.05) is 20.1 Å². The fourth-order valence-corrected chi connectivity index (χ4v) is 1.47. The van der Waals surface area contributed by atoms with Crippen LogP contribution in [0.4, 0.5) is 0 Å². The molecule has 14 heavy (non-hydrogen) atoms. The molecule has 82 valence electrons. The fourth-order valence-electron chi connectivity index (χ4n) is 1.47. The van der Waals surface area contributed by atoms with Crippen molar-refractivity contribution < 1.29 is 4.79 Å². The number of rotatable bonds is 4. The molecule has 0 bridgehead atoms. The van der Waals surface area contributed by atoms with Crippen molar-refractivity contribution in [3.8, 4) is 0 Å². The van der Waals surface area contributed by atoms with Gasteiger partial charge < -0.3 is 10.6 Å². The van der Waals surface area contributed by atoms with Crippen molar-refractivity contribution in [1.29, 1.82) is 0 Å². The number of carbonyl (C=O) groups is 1. The quantitative estimate of drug-likeness (QED) is 0.659. The van der Waals surface area contributed by atoms with Gasteiger partial charge in [-0.3, -0.25) is 9.69 Å². The van der Waals surface area contributed by atoms with E-state index >= 15 is 0 Å². The molecule has 0 aromatic carbocycles. The molecule has 4 nitrogen and oxygen atoms in total. The summed E-state index contributed by atoms with van der Waals surface area (Å²) < 4.78 is 0. The van der Waals surface area contributed by atoms with Gasteiger partial charge in [-0.25, -0.2) is 0 Å². The lowest BCUT2D eigenvalue weighted by Gasteiger charge is -2.38. The second kappa shape index (κ2) is 4.75. The third-order valence-corrected chi connectivity index (χ3v) is 2.76.